The molecule has 2 bridgehead atoms. The van der Waals surface area contributed by atoms with Crippen LogP contribution in [0, 0.1) is 0 Å². The number of amidine groups is 1. The van der Waals surface area contributed by atoms with E-state index in [2.05, 4.69) is 36.0 Å². The highest BCUT2D eigenvalue weighted by Gasteiger charge is 2.46. The summed E-state index contributed by atoms with van der Waals surface area (Å²) in [6, 6.07) is 0.103. The van der Waals surface area contributed by atoms with Crippen LogP contribution in [0.3, 0.4) is 0 Å². The molecule has 3 atom stereocenters. The lowest BCUT2D eigenvalue weighted by Crippen LogP contribution is -2.51. The summed E-state index contributed by atoms with van der Waals surface area (Å²) < 4.78 is 2.32. The van der Waals surface area contributed by atoms with Gasteiger partial charge in [0.15, 0.2) is 5.65 Å². The van der Waals surface area contributed by atoms with Crippen LogP contribution in [0.2, 0.25) is 0 Å². The van der Waals surface area contributed by atoms with E-state index < -0.39 is 0 Å². The van der Waals surface area contributed by atoms with Crippen molar-refractivity contribution in [1.29, 1.82) is 0 Å². The average molecular weight is 527 g/mol. The Morgan fingerprint density at radius 3 is 2.53 bits per heavy atom. The Labute approximate surface area is 203 Å². The molecule has 2 saturated heterocycles. The fraction of sp³-hybridized carbons (Fsp3) is 0.381. The van der Waals surface area contributed by atoms with Crippen LogP contribution in [0.15, 0.2) is 28.1 Å². The number of fused-ring (bicyclic) bond motifs is 3. The molecule has 3 aromatic heterocycles. The van der Waals surface area contributed by atoms with Crippen molar-refractivity contribution >= 4 is 45.5 Å². The molecule has 1 unspecified atom stereocenters. The predicted octanol–water partition coefficient (Wildman–Crippen LogP) is -0.629. The van der Waals surface area contributed by atoms with Crippen LogP contribution in [-0.2, 0) is 11.3 Å². The number of halogens is 1. The van der Waals surface area contributed by atoms with Gasteiger partial charge in [0.2, 0.25) is 0 Å². The number of aliphatic imine (C=N–C) groups is 1. The molecule has 0 saturated carbocycles. The molecule has 8 N–H and O–H groups in total. The average Bonchev–Trinajstić information content (AvgIpc) is 3.39. The summed E-state index contributed by atoms with van der Waals surface area (Å²) in [7, 11) is 0. The van der Waals surface area contributed by atoms with Crippen molar-refractivity contribution in [2.45, 2.75) is 50.2 Å². The number of anilines is 1. The minimum absolute atomic E-state index is 0.0514. The maximum absolute atomic E-state index is 12.8. The van der Waals surface area contributed by atoms with E-state index in [1.54, 1.807) is 23.1 Å². The third-order valence-corrected chi connectivity index (χ3v) is 7.45. The molecule has 2 aliphatic heterocycles. The Hall–Kier alpha value is -3.45. The number of nitrogens with zero attached hydrogens (tertiary/aromatic N) is 7. The molecule has 0 aromatic carbocycles. The molecule has 5 rings (SSSR count). The number of hydrogen-bond donors (Lipinski definition) is 4. The molecular weight excluding hydrogens is 502 g/mol. The highest BCUT2D eigenvalue weighted by Crippen LogP contribution is 2.45. The lowest BCUT2D eigenvalue weighted by atomic mass is 9.87. The molecule has 176 valence electrons. The van der Waals surface area contributed by atoms with Crippen LogP contribution in [0.1, 0.15) is 43.1 Å². The number of carbonyl (C=O) groups excluding carboxylic acids is 1. The molecule has 0 aliphatic carbocycles. The van der Waals surface area contributed by atoms with Crippen molar-refractivity contribution in [1.82, 2.24) is 29.5 Å². The smallest absolute Gasteiger partial charge is 0.316 e. The van der Waals surface area contributed by atoms with E-state index in [0.29, 0.717) is 21.8 Å². The maximum atomic E-state index is 12.8. The number of nitrogens with two attached hydrogens (primary N) is 4. The first-order valence-corrected chi connectivity index (χ1v) is 11.8. The molecule has 3 aromatic rings. The molecule has 12 nitrogen and oxygen atoms in total. The van der Waals surface area contributed by atoms with Gasteiger partial charge in [0.1, 0.15) is 11.6 Å². The minimum Gasteiger partial charge on any atom is -0.383 e. The first-order valence-electron chi connectivity index (χ1n) is 11.0. The molecule has 13 heteroatoms. The molecule has 0 spiro atoms. The van der Waals surface area contributed by atoms with Gasteiger partial charge in [-0.3, -0.25) is 10.2 Å². The zero-order valence-electron chi connectivity index (χ0n) is 18.3. The summed E-state index contributed by atoms with van der Waals surface area (Å²) in [4.78, 5) is 32.0. The van der Waals surface area contributed by atoms with E-state index in [0.717, 1.165) is 48.8 Å². The number of amides is 1. The van der Waals surface area contributed by atoms with Gasteiger partial charge in [0, 0.05) is 41.5 Å². The van der Waals surface area contributed by atoms with Gasteiger partial charge in [-0.05, 0) is 46.6 Å². The van der Waals surface area contributed by atoms with Crippen molar-refractivity contribution < 1.29 is 10.2 Å². The fourth-order valence-corrected chi connectivity index (χ4v) is 5.67. The highest BCUT2D eigenvalue weighted by atomic mass is 79.9. The van der Waals surface area contributed by atoms with Crippen molar-refractivity contribution in [2.75, 3.05) is 5.73 Å². The molecule has 0 radical (unpaired) electrons. The van der Waals surface area contributed by atoms with Gasteiger partial charge in [-0.25, -0.2) is 15.0 Å². The van der Waals surface area contributed by atoms with E-state index in [1.807, 2.05) is 4.90 Å². The van der Waals surface area contributed by atoms with Gasteiger partial charge in [0.05, 0.1) is 22.9 Å². The van der Waals surface area contributed by atoms with Gasteiger partial charge in [-0.1, -0.05) is 0 Å². The molecule has 34 heavy (non-hydrogen) atoms. The number of carbonyl (C=O) groups is 1. The Morgan fingerprint density at radius 2 is 1.91 bits per heavy atom. The second kappa shape index (κ2) is 8.72. The van der Waals surface area contributed by atoms with Crippen LogP contribution in [0.4, 0.5) is 5.82 Å². The molecular formula is C21H25BrN11O+. The van der Waals surface area contributed by atoms with E-state index >= 15 is 0 Å². The van der Waals surface area contributed by atoms with Gasteiger partial charge < -0.3 is 22.1 Å². The highest BCUT2D eigenvalue weighted by molar-refractivity contribution is 9.10. The van der Waals surface area contributed by atoms with Crippen LogP contribution >= 0.6 is 15.9 Å². The van der Waals surface area contributed by atoms with Crippen molar-refractivity contribution in [2.24, 2.45) is 16.5 Å². The monoisotopic (exact) mass is 526 g/mol. The summed E-state index contributed by atoms with van der Waals surface area (Å²) in [5.74, 6) is 0.777. The summed E-state index contributed by atoms with van der Waals surface area (Å²) in [5.41, 5.74) is 20.9. The van der Waals surface area contributed by atoms with Crippen LogP contribution < -0.4 is 22.6 Å². The zero-order chi connectivity index (χ0) is 24.0. The maximum Gasteiger partial charge on any atom is 0.316 e. The normalized spacial score (nSPS) is 22.4. The lowest BCUT2D eigenvalue weighted by molar-refractivity contribution is -0.128. The molecule has 5 heterocycles. The Balaban J connectivity index is 1.50. The number of piperidine rings is 1. The van der Waals surface area contributed by atoms with Crippen LogP contribution in [-0.4, -0.2) is 59.6 Å². The quantitative estimate of drug-likeness (QED) is 0.254. The standard InChI is InChI=1S/C21H24BrN11O/c22-16-17(10-3-12-1-2-13(4-10)32(12)21(34)18(25)29-9-24)31-20-14(8-30-33(20)19(16)26)11-6-27-15(5-23)28-7-11/h6-10,12-13H,1-5,23,26H2,(H3,24,25,29)/p+1/t10?,12-,13+. The zero-order valence-corrected chi connectivity index (χ0v) is 19.9. The summed E-state index contributed by atoms with van der Waals surface area (Å²) in [6.45, 7) is 0.267. The van der Waals surface area contributed by atoms with E-state index in [-0.39, 0.29) is 36.3 Å². The summed E-state index contributed by atoms with van der Waals surface area (Å²) in [6.07, 6.45) is 9.48. The first kappa shape index (κ1) is 22.3. The third kappa shape index (κ3) is 3.60. The SMILES string of the molecule is NCc1ncc(-c2cnn3c(N)c(Br)c(C4C[C@H]5CC[C@@H](C4)N5C(=O)C(N)=NC=[NH2+])nc23)cn1. The number of aromatic nitrogens is 5. The van der Waals surface area contributed by atoms with E-state index in [4.69, 9.17) is 27.6 Å². The van der Waals surface area contributed by atoms with Crippen LogP contribution in [0.25, 0.3) is 16.8 Å². The van der Waals surface area contributed by atoms with Gasteiger partial charge in [0.25, 0.3) is 6.34 Å². The lowest BCUT2D eigenvalue weighted by Gasteiger charge is -2.38. The van der Waals surface area contributed by atoms with E-state index in [9.17, 15) is 4.79 Å². The summed E-state index contributed by atoms with van der Waals surface area (Å²) >= 11 is 3.64. The number of rotatable bonds is 4. The Morgan fingerprint density at radius 1 is 1.24 bits per heavy atom. The molecule has 1 amide bonds. The largest absolute Gasteiger partial charge is 0.383 e. The van der Waals surface area contributed by atoms with Gasteiger partial charge in [-0.2, -0.15) is 9.61 Å². The fourth-order valence-electron chi connectivity index (χ4n) is 5.09. The Kier molecular flexibility index (Phi) is 5.73. The van der Waals surface area contributed by atoms with E-state index in [1.165, 1.54) is 0 Å². The molecule has 2 fully saturated rings. The topological polar surface area (TPSA) is 192 Å². The van der Waals surface area contributed by atoms with Crippen molar-refractivity contribution in [3.63, 3.8) is 0 Å². The number of nitrogen functional groups attached to an aromatic ring is 1. The van der Waals surface area contributed by atoms with Crippen molar-refractivity contribution in [3.8, 4) is 11.1 Å². The van der Waals surface area contributed by atoms with Gasteiger partial charge in [-0.15, -0.1) is 0 Å². The summed E-state index contributed by atoms with van der Waals surface area (Å²) in [5, 5.41) is 9.73. The third-order valence-electron chi connectivity index (χ3n) is 6.63. The number of hydrogen-bond acceptors (Lipinski definition) is 7. The Bertz CT molecular complexity index is 1290. The second-order valence-electron chi connectivity index (χ2n) is 8.51. The van der Waals surface area contributed by atoms with Crippen LogP contribution in [0.5, 0.6) is 0 Å². The first-order chi connectivity index (χ1) is 16.4. The second-order valence-corrected chi connectivity index (χ2v) is 9.30. The predicted molar refractivity (Wildman–Crippen MR) is 129 cm³/mol. The van der Waals surface area contributed by atoms with Gasteiger partial charge >= 0.3 is 11.7 Å². The minimum atomic E-state index is -0.270. The molecule has 2 aliphatic rings. The van der Waals surface area contributed by atoms with Crippen molar-refractivity contribution in [3.05, 3.63) is 34.6 Å².